The molecule has 2 aliphatic rings. The minimum Gasteiger partial charge on any atom is -0.373 e. The van der Waals surface area contributed by atoms with E-state index in [9.17, 15) is 8.42 Å². The summed E-state index contributed by atoms with van der Waals surface area (Å²) in [5.74, 6) is 0.866. The van der Waals surface area contributed by atoms with Gasteiger partial charge in [-0.05, 0) is 32.6 Å². The first kappa shape index (κ1) is 23.9. The molecule has 2 fully saturated rings. The van der Waals surface area contributed by atoms with Crippen molar-refractivity contribution in [1.82, 2.24) is 14.5 Å². The number of morpholine rings is 1. The lowest BCUT2D eigenvalue weighted by Crippen LogP contribution is -2.49. The van der Waals surface area contributed by atoms with Gasteiger partial charge in [0.2, 0.25) is 10.0 Å². The predicted molar refractivity (Wildman–Crippen MR) is 117 cm³/mol. The summed E-state index contributed by atoms with van der Waals surface area (Å²) in [4.78, 5) is 6.80. The van der Waals surface area contributed by atoms with E-state index in [1.807, 2.05) is 20.8 Å². The molecule has 2 saturated heterocycles. The van der Waals surface area contributed by atoms with Crippen molar-refractivity contribution in [3.63, 3.8) is 0 Å². The lowest BCUT2D eigenvalue weighted by molar-refractivity contribution is -0.0440. The summed E-state index contributed by atoms with van der Waals surface area (Å²) in [5.41, 5.74) is 0.280. The molecular formula is C17H35IN4O3S. The molecule has 9 heteroatoms. The summed E-state index contributed by atoms with van der Waals surface area (Å²) in [6.07, 6.45) is 0.997. The van der Waals surface area contributed by atoms with Gasteiger partial charge in [0.05, 0.1) is 24.5 Å². The zero-order chi connectivity index (χ0) is 18.7. The number of aliphatic imine (C=N–C) groups is 1. The number of guanidine groups is 1. The maximum atomic E-state index is 12.6. The van der Waals surface area contributed by atoms with Crippen LogP contribution in [-0.4, -0.2) is 80.8 Å². The Kier molecular flexibility index (Phi) is 9.09. The van der Waals surface area contributed by atoms with E-state index in [1.165, 1.54) is 0 Å². The van der Waals surface area contributed by atoms with Gasteiger partial charge in [-0.2, -0.15) is 4.31 Å². The number of ether oxygens (including phenoxy) is 1. The van der Waals surface area contributed by atoms with E-state index in [4.69, 9.17) is 4.74 Å². The third kappa shape index (κ3) is 6.79. The van der Waals surface area contributed by atoms with Crippen molar-refractivity contribution in [2.45, 2.75) is 53.2 Å². The molecule has 2 aliphatic heterocycles. The Balaban J connectivity index is 0.00000338. The Labute approximate surface area is 176 Å². The summed E-state index contributed by atoms with van der Waals surface area (Å²) in [6.45, 7) is 14.2. The molecule has 0 aromatic rings. The fourth-order valence-corrected chi connectivity index (χ4v) is 4.93. The molecule has 0 aromatic heterocycles. The van der Waals surface area contributed by atoms with Gasteiger partial charge in [0.25, 0.3) is 0 Å². The molecule has 2 unspecified atom stereocenters. The Morgan fingerprint density at radius 1 is 1.27 bits per heavy atom. The standard InChI is InChI=1S/C17H34N4O3S.HI/c1-6-18-16(20-9-7-17(4,5)13-20)19-8-10-25(22,23)21-11-14(2)24-15(3)12-21;/h14-15H,6-13H2,1-5H3,(H,18,19);1H. The lowest BCUT2D eigenvalue weighted by Gasteiger charge is -2.34. The third-order valence-corrected chi connectivity index (χ3v) is 6.49. The van der Waals surface area contributed by atoms with Crippen LogP contribution in [0.1, 0.15) is 41.0 Å². The van der Waals surface area contributed by atoms with Gasteiger partial charge in [-0.15, -0.1) is 24.0 Å². The molecule has 2 heterocycles. The number of nitrogens with zero attached hydrogens (tertiary/aromatic N) is 3. The van der Waals surface area contributed by atoms with Crippen LogP contribution < -0.4 is 5.32 Å². The highest BCUT2D eigenvalue weighted by Crippen LogP contribution is 2.28. The molecule has 0 saturated carbocycles. The van der Waals surface area contributed by atoms with Gasteiger partial charge in [0.1, 0.15) is 0 Å². The quantitative estimate of drug-likeness (QED) is 0.352. The van der Waals surface area contributed by atoms with E-state index in [2.05, 4.69) is 29.1 Å². The van der Waals surface area contributed by atoms with Gasteiger partial charge < -0.3 is 15.0 Å². The predicted octanol–water partition coefficient (Wildman–Crippen LogP) is 1.74. The van der Waals surface area contributed by atoms with Gasteiger partial charge in [0.15, 0.2) is 5.96 Å². The van der Waals surface area contributed by atoms with Crippen LogP contribution in [0.4, 0.5) is 0 Å². The zero-order valence-corrected chi connectivity index (χ0v) is 19.8. The lowest BCUT2D eigenvalue weighted by atomic mass is 9.93. The van der Waals surface area contributed by atoms with Crippen molar-refractivity contribution in [1.29, 1.82) is 0 Å². The number of hydrogen-bond acceptors (Lipinski definition) is 4. The van der Waals surface area contributed by atoms with Crippen LogP contribution in [0.25, 0.3) is 0 Å². The van der Waals surface area contributed by atoms with E-state index < -0.39 is 10.0 Å². The number of nitrogens with one attached hydrogen (secondary N) is 1. The highest BCUT2D eigenvalue weighted by molar-refractivity contribution is 14.0. The zero-order valence-electron chi connectivity index (χ0n) is 16.7. The van der Waals surface area contributed by atoms with Crippen LogP contribution in [0.3, 0.4) is 0 Å². The van der Waals surface area contributed by atoms with Crippen molar-refractivity contribution < 1.29 is 13.2 Å². The monoisotopic (exact) mass is 502 g/mol. The summed E-state index contributed by atoms with van der Waals surface area (Å²) >= 11 is 0. The minimum absolute atomic E-state index is 0. The van der Waals surface area contributed by atoms with Gasteiger partial charge in [-0.1, -0.05) is 13.8 Å². The van der Waals surface area contributed by atoms with E-state index in [0.29, 0.717) is 13.1 Å². The minimum atomic E-state index is -3.31. The smallest absolute Gasteiger partial charge is 0.216 e. The molecule has 2 rings (SSSR count). The Hall–Kier alpha value is -0.130. The molecule has 154 valence electrons. The van der Waals surface area contributed by atoms with Crippen molar-refractivity contribution in [2.24, 2.45) is 10.4 Å². The second-order valence-corrected chi connectivity index (χ2v) is 10.1. The Morgan fingerprint density at radius 2 is 1.88 bits per heavy atom. The molecule has 7 nitrogen and oxygen atoms in total. The van der Waals surface area contributed by atoms with Gasteiger partial charge in [-0.25, -0.2) is 8.42 Å². The van der Waals surface area contributed by atoms with Gasteiger partial charge in [-0.3, -0.25) is 4.99 Å². The van der Waals surface area contributed by atoms with Crippen molar-refractivity contribution in [3.05, 3.63) is 0 Å². The molecule has 0 amide bonds. The molecule has 1 N–H and O–H groups in total. The largest absolute Gasteiger partial charge is 0.373 e. The molecule has 0 bridgehead atoms. The van der Waals surface area contributed by atoms with Crippen molar-refractivity contribution >= 4 is 40.0 Å². The summed E-state index contributed by atoms with van der Waals surface area (Å²) in [7, 11) is -3.31. The van der Waals surface area contributed by atoms with Gasteiger partial charge >= 0.3 is 0 Å². The fraction of sp³-hybridized carbons (Fsp3) is 0.941. The highest BCUT2D eigenvalue weighted by Gasteiger charge is 2.32. The number of rotatable bonds is 5. The van der Waals surface area contributed by atoms with Crippen LogP contribution in [0, 0.1) is 5.41 Å². The molecule has 0 aromatic carbocycles. The topological polar surface area (TPSA) is 74.2 Å². The number of halogens is 1. The SMILES string of the molecule is CCNC(=NCCS(=O)(=O)N1CC(C)OC(C)C1)N1CCC(C)(C)C1.I. The van der Waals surface area contributed by atoms with E-state index in [0.717, 1.165) is 32.0 Å². The van der Waals surface area contributed by atoms with Crippen LogP contribution in [0.2, 0.25) is 0 Å². The van der Waals surface area contributed by atoms with E-state index in [1.54, 1.807) is 4.31 Å². The molecule has 0 spiro atoms. The molecule has 26 heavy (non-hydrogen) atoms. The molecule has 0 aliphatic carbocycles. The number of likely N-dealkylation sites (tertiary alicyclic amines) is 1. The van der Waals surface area contributed by atoms with Crippen molar-refractivity contribution in [2.75, 3.05) is 45.0 Å². The average molecular weight is 502 g/mol. The maximum Gasteiger partial charge on any atom is 0.216 e. The molecular weight excluding hydrogens is 467 g/mol. The summed E-state index contributed by atoms with van der Waals surface area (Å²) < 4.78 is 32.4. The van der Waals surface area contributed by atoms with Crippen LogP contribution in [0.15, 0.2) is 4.99 Å². The van der Waals surface area contributed by atoms with E-state index in [-0.39, 0.29) is 53.9 Å². The molecule has 2 atom stereocenters. The van der Waals surface area contributed by atoms with Crippen LogP contribution in [0.5, 0.6) is 0 Å². The van der Waals surface area contributed by atoms with Crippen LogP contribution >= 0.6 is 24.0 Å². The maximum absolute atomic E-state index is 12.6. The number of hydrogen-bond donors (Lipinski definition) is 1. The van der Waals surface area contributed by atoms with Crippen LogP contribution in [-0.2, 0) is 14.8 Å². The van der Waals surface area contributed by atoms with Crippen molar-refractivity contribution in [3.8, 4) is 0 Å². The number of sulfonamides is 1. The normalized spacial score (nSPS) is 27.3. The highest BCUT2D eigenvalue weighted by atomic mass is 127. The Bertz CT molecular complexity index is 573. The summed E-state index contributed by atoms with van der Waals surface area (Å²) in [6, 6.07) is 0. The first-order chi connectivity index (χ1) is 11.6. The molecule has 0 radical (unpaired) electrons. The Morgan fingerprint density at radius 3 is 2.38 bits per heavy atom. The first-order valence-corrected chi connectivity index (χ1v) is 10.9. The second kappa shape index (κ2) is 9.88. The average Bonchev–Trinajstić information content (AvgIpc) is 2.85. The van der Waals surface area contributed by atoms with Gasteiger partial charge in [0, 0.05) is 32.7 Å². The first-order valence-electron chi connectivity index (χ1n) is 9.29. The van der Waals surface area contributed by atoms with E-state index >= 15 is 0 Å². The third-order valence-electron chi connectivity index (χ3n) is 4.70. The fourth-order valence-electron chi connectivity index (χ4n) is 3.47. The second-order valence-electron chi connectivity index (χ2n) is 7.96. The summed E-state index contributed by atoms with van der Waals surface area (Å²) in [5, 5.41) is 3.29.